The van der Waals surface area contributed by atoms with E-state index >= 15 is 0 Å². The van der Waals surface area contributed by atoms with Gasteiger partial charge in [-0.15, -0.1) is 5.10 Å². The Bertz CT molecular complexity index is 990. The van der Waals surface area contributed by atoms with E-state index in [9.17, 15) is 13.6 Å². The molecule has 0 aliphatic carbocycles. The highest BCUT2D eigenvalue weighted by Gasteiger charge is 2.26. The van der Waals surface area contributed by atoms with Gasteiger partial charge in [0.05, 0.1) is 12.2 Å². The first-order chi connectivity index (χ1) is 14.0. The highest BCUT2D eigenvalue weighted by Crippen LogP contribution is 2.25. The molecule has 1 aliphatic heterocycles. The Kier molecular flexibility index (Phi) is 5.32. The van der Waals surface area contributed by atoms with Gasteiger partial charge in [0.2, 0.25) is 0 Å². The number of carbonyl (C=O) groups is 1. The predicted molar refractivity (Wildman–Crippen MR) is 97.8 cm³/mol. The topological polar surface area (TPSA) is 89.9 Å². The van der Waals surface area contributed by atoms with E-state index in [1.165, 1.54) is 0 Å². The number of likely N-dealkylation sites (tertiary alicyclic amines) is 1. The minimum Gasteiger partial charge on any atom is -0.338 e. The lowest BCUT2D eigenvalue weighted by Gasteiger charge is -2.31. The van der Waals surface area contributed by atoms with E-state index in [0.29, 0.717) is 43.3 Å². The first kappa shape index (κ1) is 19.2. The lowest BCUT2D eigenvalue weighted by Crippen LogP contribution is -2.39. The number of rotatable bonds is 5. The summed E-state index contributed by atoms with van der Waals surface area (Å²) < 4.78 is 33.7. The predicted octanol–water partition coefficient (Wildman–Crippen LogP) is 3.04. The summed E-state index contributed by atoms with van der Waals surface area (Å²) in [6.07, 6.45) is 4.71. The van der Waals surface area contributed by atoms with Crippen molar-refractivity contribution in [2.24, 2.45) is 0 Å². The Morgan fingerprint density at radius 1 is 1.21 bits per heavy atom. The van der Waals surface area contributed by atoms with Crippen LogP contribution in [0.1, 0.15) is 48.4 Å². The molecule has 0 bridgehead atoms. The molecule has 1 amide bonds. The second-order valence-corrected chi connectivity index (χ2v) is 7.03. The summed E-state index contributed by atoms with van der Waals surface area (Å²) in [5.74, 6) is -0.934. The van der Waals surface area contributed by atoms with Gasteiger partial charge in [0.1, 0.15) is 11.6 Å². The van der Waals surface area contributed by atoms with Crippen LogP contribution in [-0.4, -0.2) is 49.0 Å². The molecule has 0 saturated carbocycles. The summed E-state index contributed by atoms with van der Waals surface area (Å²) in [6.45, 7) is 2.95. The van der Waals surface area contributed by atoms with Gasteiger partial charge in [-0.25, -0.2) is 13.5 Å². The molecule has 29 heavy (non-hydrogen) atoms. The van der Waals surface area contributed by atoms with Gasteiger partial charge in [0.25, 0.3) is 11.8 Å². The van der Waals surface area contributed by atoms with Gasteiger partial charge in [-0.2, -0.15) is 4.98 Å². The number of aromatic nitrogens is 5. The number of amides is 1. The summed E-state index contributed by atoms with van der Waals surface area (Å²) in [6, 6.07) is 2.92. The quantitative estimate of drug-likeness (QED) is 0.652. The number of aryl methyl sites for hydroxylation is 1. The second kappa shape index (κ2) is 8.06. The van der Waals surface area contributed by atoms with Crippen LogP contribution in [0, 0.1) is 11.6 Å². The number of hydrogen-bond acceptors (Lipinski definition) is 6. The maximum absolute atomic E-state index is 13.4. The first-order valence-corrected chi connectivity index (χ1v) is 9.53. The highest BCUT2D eigenvalue weighted by molar-refractivity contribution is 5.94. The average molecular weight is 402 g/mol. The molecule has 2 aromatic heterocycles. The molecule has 152 valence electrons. The van der Waals surface area contributed by atoms with E-state index in [1.807, 2.05) is 6.92 Å². The van der Waals surface area contributed by atoms with Crippen LogP contribution < -0.4 is 0 Å². The molecule has 0 N–H and O–H groups in total. The first-order valence-electron chi connectivity index (χ1n) is 9.53. The molecule has 0 radical (unpaired) electrons. The van der Waals surface area contributed by atoms with Crippen molar-refractivity contribution in [1.29, 1.82) is 0 Å². The lowest BCUT2D eigenvalue weighted by atomic mass is 10.0. The number of halogens is 2. The number of benzene rings is 1. The standard InChI is InChI=1S/C19H20F2N6O2/c1-2-3-17-22-18(29-24-17)16-11-27(25-23-16)15-4-6-26(7-5-15)19(28)12-8-13(20)10-14(21)9-12/h8-11,15H,2-7H2,1H3. The zero-order valence-corrected chi connectivity index (χ0v) is 15.9. The summed E-state index contributed by atoms with van der Waals surface area (Å²) in [4.78, 5) is 18.4. The molecule has 0 unspecified atom stereocenters. The molecule has 4 rings (SSSR count). The largest absolute Gasteiger partial charge is 0.338 e. The van der Waals surface area contributed by atoms with Gasteiger partial charge < -0.3 is 9.42 Å². The zero-order valence-electron chi connectivity index (χ0n) is 15.9. The van der Waals surface area contributed by atoms with Crippen LogP contribution in [0.5, 0.6) is 0 Å². The van der Waals surface area contributed by atoms with Crippen LogP contribution in [-0.2, 0) is 6.42 Å². The fraction of sp³-hybridized carbons (Fsp3) is 0.421. The molecular formula is C19H20F2N6O2. The van der Waals surface area contributed by atoms with E-state index in [4.69, 9.17) is 4.52 Å². The van der Waals surface area contributed by atoms with Gasteiger partial charge in [0, 0.05) is 31.1 Å². The molecular weight excluding hydrogens is 382 g/mol. The third kappa shape index (κ3) is 4.15. The van der Waals surface area contributed by atoms with Gasteiger partial charge in [-0.05, 0) is 31.4 Å². The maximum Gasteiger partial charge on any atom is 0.280 e. The van der Waals surface area contributed by atoms with E-state index in [2.05, 4.69) is 20.5 Å². The summed E-state index contributed by atoms with van der Waals surface area (Å²) in [5, 5.41) is 12.2. The minimum atomic E-state index is -0.762. The molecule has 1 saturated heterocycles. The van der Waals surface area contributed by atoms with Gasteiger partial charge >= 0.3 is 0 Å². The van der Waals surface area contributed by atoms with Crippen LogP contribution in [0.4, 0.5) is 8.78 Å². The molecule has 3 heterocycles. The van der Waals surface area contributed by atoms with Crippen LogP contribution in [0.15, 0.2) is 28.9 Å². The summed E-state index contributed by atoms with van der Waals surface area (Å²) in [5.41, 5.74) is 0.525. The van der Waals surface area contributed by atoms with Crippen molar-refractivity contribution in [3.63, 3.8) is 0 Å². The molecule has 0 spiro atoms. The number of piperidine rings is 1. The van der Waals surface area contributed by atoms with Crippen LogP contribution >= 0.6 is 0 Å². The van der Waals surface area contributed by atoms with Crippen molar-refractivity contribution < 1.29 is 18.1 Å². The highest BCUT2D eigenvalue weighted by atomic mass is 19.1. The third-order valence-corrected chi connectivity index (χ3v) is 4.91. The van der Waals surface area contributed by atoms with Crippen molar-refractivity contribution in [1.82, 2.24) is 30.0 Å². The number of hydrogen-bond donors (Lipinski definition) is 0. The van der Waals surface area contributed by atoms with Gasteiger partial charge in [-0.3, -0.25) is 4.79 Å². The van der Waals surface area contributed by atoms with Gasteiger partial charge in [-0.1, -0.05) is 17.3 Å². The van der Waals surface area contributed by atoms with Crippen molar-refractivity contribution in [3.05, 3.63) is 47.4 Å². The van der Waals surface area contributed by atoms with E-state index in [0.717, 1.165) is 31.0 Å². The molecule has 10 heteroatoms. The van der Waals surface area contributed by atoms with E-state index < -0.39 is 11.6 Å². The Labute approximate surface area is 165 Å². The average Bonchev–Trinajstić information content (AvgIpc) is 3.37. The monoisotopic (exact) mass is 402 g/mol. The smallest absolute Gasteiger partial charge is 0.280 e. The van der Waals surface area contributed by atoms with Crippen LogP contribution in [0.25, 0.3) is 11.6 Å². The van der Waals surface area contributed by atoms with Crippen molar-refractivity contribution in [2.45, 2.75) is 38.6 Å². The molecule has 1 aromatic carbocycles. The fourth-order valence-electron chi connectivity index (χ4n) is 3.43. The maximum atomic E-state index is 13.4. The molecule has 1 aliphatic rings. The number of nitrogens with zero attached hydrogens (tertiary/aromatic N) is 6. The Hall–Kier alpha value is -3.17. The van der Waals surface area contributed by atoms with Crippen molar-refractivity contribution >= 4 is 5.91 Å². The van der Waals surface area contributed by atoms with E-state index in [1.54, 1.807) is 15.8 Å². The number of carbonyl (C=O) groups excluding carboxylic acids is 1. The summed E-state index contributed by atoms with van der Waals surface area (Å²) >= 11 is 0. The Balaban J connectivity index is 1.39. The lowest BCUT2D eigenvalue weighted by molar-refractivity contribution is 0.0688. The second-order valence-electron chi connectivity index (χ2n) is 7.03. The molecule has 3 aromatic rings. The van der Waals surface area contributed by atoms with Crippen molar-refractivity contribution in [3.8, 4) is 11.6 Å². The fourth-order valence-corrected chi connectivity index (χ4v) is 3.43. The van der Waals surface area contributed by atoms with E-state index in [-0.39, 0.29) is 17.5 Å². The minimum absolute atomic E-state index is 0.0169. The third-order valence-electron chi connectivity index (χ3n) is 4.91. The molecule has 0 atom stereocenters. The molecule has 8 nitrogen and oxygen atoms in total. The Morgan fingerprint density at radius 2 is 1.93 bits per heavy atom. The van der Waals surface area contributed by atoms with Crippen LogP contribution in [0.2, 0.25) is 0 Å². The SMILES string of the molecule is CCCc1noc(-c2cn(C3CCN(C(=O)c4cc(F)cc(F)c4)CC3)nn2)n1. The van der Waals surface area contributed by atoms with Gasteiger partial charge in [0.15, 0.2) is 11.5 Å². The zero-order chi connectivity index (χ0) is 20.4. The van der Waals surface area contributed by atoms with Crippen LogP contribution in [0.3, 0.4) is 0 Å². The Morgan fingerprint density at radius 3 is 2.62 bits per heavy atom. The summed E-state index contributed by atoms with van der Waals surface area (Å²) in [7, 11) is 0. The molecule has 1 fully saturated rings. The van der Waals surface area contributed by atoms with Crippen molar-refractivity contribution in [2.75, 3.05) is 13.1 Å². The normalized spacial score (nSPS) is 15.1.